The third kappa shape index (κ3) is 2.34. The maximum atomic E-state index is 5.79. The van der Waals surface area contributed by atoms with E-state index in [9.17, 15) is 0 Å². The summed E-state index contributed by atoms with van der Waals surface area (Å²) < 4.78 is 7.74. The first-order valence-corrected chi connectivity index (χ1v) is 7.86. The van der Waals surface area contributed by atoms with E-state index in [1.165, 1.54) is 11.1 Å². The lowest BCUT2D eigenvalue weighted by Crippen LogP contribution is -2.00. The van der Waals surface area contributed by atoms with E-state index < -0.39 is 0 Å². The number of anilines is 2. The lowest BCUT2D eigenvalue weighted by molar-refractivity contribution is 0.547. The van der Waals surface area contributed by atoms with Crippen molar-refractivity contribution in [3.8, 4) is 11.5 Å². The standard InChI is InChI=1S/C19H18N4O/c1-12-6-4-7-13(2)16(12)21-18-17(15-9-8-14(3)24-15)22-19-20-10-5-11-23(18)19/h4-11,21H,1-3H3. The largest absolute Gasteiger partial charge is 0.460 e. The third-order valence-electron chi connectivity index (χ3n) is 4.10. The zero-order chi connectivity index (χ0) is 16.7. The molecule has 4 rings (SSSR count). The Balaban J connectivity index is 1.93. The van der Waals surface area contributed by atoms with Crippen LogP contribution < -0.4 is 5.32 Å². The SMILES string of the molecule is Cc1ccc(-c2nc3ncccn3c2Nc2c(C)cccc2C)o1. The minimum absolute atomic E-state index is 0.635. The van der Waals surface area contributed by atoms with Crippen molar-refractivity contribution in [3.05, 3.63) is 65.7 Å². The molecule has 120 valence electrons. The number of benzene rings is 1. The number of para-hydroxylation sites is 1. The van der Waals surface area contributed by atoms with E-state index >= 15 is 0 Å². The van der Waals surface area contributed by atoms with Gasteiger partial charge in [-0.25, -0.2) is 9.97 Å². The molecule has 24 heavy (non-hydrogen) atoms. The molecule has 5 heteroatoms. The first kappa shape index (κ1) is 14.5. The quantitative estimate of drug-likeness (QED) is 0.597. The molecule has 4 aromatic rings. The molecule has 0 aliphatic heterocycles. The molecule has 0 saturated heterocycles. The molecular formula is C19H18N4O. The summed E-state index contributed by atoms with van der Waals surface area (Å²) in [6.45, 7) is 6.11. The van der Waals surface area contributed by atoms with E-state index in [1.807, 2.05) is 35.7 Å². The van der Waals surface area contributed by atoms with Crippen LogP contribution >= 0.6 is 0 Å². The minimum Gasteiger partial charge on any atom is -0.460 e. The number of fused-ring (bicyclic) bond motifs is 1. The van der Waals surface area contributed by atoms with Crippen molar-refractivity contribution < 1.29 is 4.42 Å². The van der Waals surface area contributed by atoms with Crippen molar-refractivity contribution in [2.75, 3.05) is 5.32 Å². The van der Waals surface area contributed by atoms with E-state index in [1.54, 1.807) is 6.20 Å². The van der Waals surface area contributed by atoms with Crippen LogP contribution in [0.1, 0.15) is 16.9 Å². The molecule has 1 N–H and O–H groups in total. The first-order valence-electron chi connectivity index (χ1n) is 7.86. The van der Waals surface area contributed by atoms with Gasteiger partial charge in [0.25, 0.3) is 0 Å². The van der Waals surface area contributed by atoms with Crippen LogP contribution in [0.5, 0.6) is 0 Å². The van der Waals surface area contributed by atoms with Gasteiger partial charge in [-0.15, -0.1) is 0 Å². The Bertz CT molecular complexity index is 1010. The number of nitrogens with zero attached hydrogens (tertiary/aromatic N) is 3. The molecular weight excluding hydrogens is 300 g/mol. The maximum Gasteiger partial charge on any atom is 0.236 e. The Morgan fingerprint density at radius 2 is 1.79 bits per heavy atom. The molecule has 0 unspecified atom stereocenters. The number of nitrogens with one attached hydrogen (secondary N) is 1. The first-order chi connectivity index (χ1) is 11.6. The third-order valence-corrected chi connectivity index (χ3v) is 4.10. The van der Waals surface area contributed by atoms with Gasteiger partial charge in [-0.1, -0.05) is 18.2 Å². The molecule has 0 aliphatic carbocycles. The molecule has 0 radical (unpaired) electrons. The zero-order valence-electron chi connectivity index (χ0n) is 13.9. The molecule has 3 aromatic heterocycles. The summed E-state index contributed by atoms with van der Waals surface area (Å²) in [7, 11) is 0. The summed E-state index contributed by atoms with van der Waals surface area (Å²) in [6, 6.07) is 12.0. The van der Waals surface area contributed by atoms with Gasteiger partial charge in [0.05, 0.1) is 0 Å². The highest BCUT2D eigenvalue weighted by Crippen LogP contribution is 2.33. The Kier molecular flexibility index (Phi) is 3.34. The number of hydrogen-bond acceptors (Lipinski definition) is 4. The Morgan fingerprint density at radius 3 is 2.50 bits per heavy atom. The average Bonchev–Trinajstić information content (AvgIpc) is 3.15. The van der Waals surface area contributed by atoms with Crippen LogP contribution in [0.4, 0.5) is 11.5 Å². The summed E-state index contributed by atoms with van der Waals surface area (Å²) in [5.41, 5.74) is 4.18. The molecule has 0 amide bonds. The topological polar surface area (TPSA) is 55.4 Å². The van der Waals surface area contributed by atoms with Crippen molar-refractivity contribution in [2.24, 2.45) is 0 Å². The second-order valence-electron chi connectivity index (χ2n) is 5.90. The van der Waals surface area contributed by atoms with Crippen LogP contribution in [0.3, 0.4) is 0 Å². The average molecular weight is 318 g/mol. The Hall–Kier alpha value is -3.08. The summed E-state index contributed by atoms with van der Waals surface area (Å²) >= 11 is 0. The highest BCUT2D eigenvalue weighted by Gasteiger charge is 2.18. The van der Waals surface area contributed by atoms with Gasteiger partial charge >= 0.3 is 0 Å². The lowest BCUT2D eigenvalue weighted by Gasteiger charge is -2.13. The predicted molar refractivity (Wildman–Crippen MR) is 94.6 cm³/mol. The number of imidazole rings is 1. The second kappa shape index (κ2) is 5.53. The van der Waals surface area contributed by atoms with Crippen molar-refractivity contribution in [3.63, 3.8) is 0 Å². The fourth-order valence-electron chi connectivity index (χ4n) is 2.87. The Labute approximate surface area is 140 Å². The molecule has 0 aliphatic rings. The summed E-state index contributed by atoms with van der Waals surface area (Å²) in [6.07, 6.45) is 3.69. The van der Waals surface area contributed by atoms with Gasteiger partial charge < -0.3 is 9.73 Å². The number of rotatable bonds is 3. The maximum absolute atomic E-state index is 5.79. The van der Waals surface area contributed by atoms with Crippen LogP contribution in [0, 0.1) is 20.8 Å². The van der Waals surface area contributed by atoms with Gasteiger partial charge in [0.15, 0.2) is 11.5 Å². The normalized spacial score (nSPS) is 11.1. The monoisotopic (exact) mass is 318 g/mol. The minimum atomic E-state index is 0.635. The fourth-order valence-corrected chi connectivity index (χ4v) is 2.87. The van der Waals surface area contributed by atoms with E-state index in [-0.39, 0.29) is 0 Å². The molecule has 0 atom stereocenters. The van der Waals surface area contributed by atoms with Gasteiger partial charge in [0.1, 0.15) is 11.6 Å². The molecule has 1 aromatic carbocycles. The van der Waals surface area contributed by atoms with Crippen molar-refractivity contribution in [1.29, 1.82) is 0 Å². The number of aromatic nitrogens is 3. The molecule has 0 bridgehead atoms. The molecule has 0 fully saturated rings. The van der Waals surface area contributed by atoms with E-state index in [0.29, 0.717) is 5.78 Å². The lowest BCUT2D eigenvalue weighted by atomic mass is 10.1. The highest BCUT2D eigenvalue weighted by molar-refractivity contribution is 5.78. The molecule has 5 nitrogen and oxygen atoms in total. The van der Waals surface area contributed by atoms with Crippen molar-refractivity contribution in [1.82, 2.24) is 14.4 Å². The van der Waals surface area contributed by atoms with E-state index in [0.717, 1.165) is 28.7 Å². The smallest absolute Gasteiger partial charge is 0.236 e. The van der Waals surface area contributed by atoms with E-state index in [4.69, 9.17) is 4.42 Å². The van der Waals surface area contributed by atoms with Crippen LogP contribution in [0.2, 0.25) is 0 Å². The van der Waals surface area contributed by atoms with Gasteiger partial charge in [0.2, 0.25) is 5.78 Å². The van der Waals surface area contributed by atoms with Gasteiger partial charge in [0, 0.05) is 18.1 Å². The summed E-state index contributed by atoms with van der Waals surface area (Å²) in [4.78, 5) is 9.00. The summed E-state index contributed by atoms with van der Waals surface area (Å²) in [5, 5.41) is 3.54. The Morgan fingerprint density at radius 1 is 1.00 bits per heavy atom. The van der Waals surface area contributed by atoms with Gasteiger partial charge in [-0.3, -0.25) is 4.40 Å². The van der Waals surface area contributed by atoms with Crippen LogP contribution in [0.15, 0.2) is 53.2 Å². The van der Waals surface area contributed by atoms with Crippen LogP contribution in [-0.2, 0) is 0 Å². The van der Waals surface area contributed by atoms with Crippen molar-refractivity contribution >= 4 is 17.3 Å². The second-order valence-corrected chi connectivity index (χ2v) is 5.90. The van der Waals surface area contributed by atoms with Crippen molar-refractivity contribution in [2.45, 2.75) is 20.8 Å². The number of furan rings is 1. The number of aryl methyl sites for hydroxylation is 3. The predicted octanol–water partition coefficient (Wildman–Crippen LogP) is 4.66. The fraction of sp³-hybridized carbons (Fsp3) is 0.158. The van der Waals surface area contributed by atoms with Gasteiger partial charge in [-0.05, 0) is 50.1 Å². The molecule has 3 heterocycles. The summed E-state index contributed by atoms with van der Waals surface area (Å²) in [5.74, 6) is 3.07. The molecule has 0 saturated carbocycles. The molecule has 0 spiro atoms. The number of hydrogen-bond donors (Lipinski definition) is 1. The van der Waals surface area contributed by atoms with Crippen LogP contribution in [0.25, 0.3) is 17.2 Å². The highest BCUT2D eigenvalue weighted by atomic mass is 16.3. The van der Waals surface area contributed by atoms with Gasteiger partial charge in [-0.2, -0.15) is 0 Å². The van der Waals surface area contributed by atoms with Crippen LogP contribution in [-0.4, -0.2) is 14.4 Å². The zero-order valence-corrected chi connectivity index (χ0v) is 13.9. The van der Waals surface area contributed by atoms with E-state index in [2.05, 4.69) is 47.3 Å².